The minimum atomic E-state index is -0.706. The first kappa shape index (κ1) is 17.2. The molecule has 2 amide bonds. The first-order chi connectivity index (χ1) is 12.0. The number of anilines is 1. The molecule has 2 aromatic rings. The summed E-state index contributed by atoms with van der Waals surface area (Å²) in [6.07, 6.45) is 1.58. The molecule has 3 rings (SSSR count). The normalized spacial score (nSPS) is 15.3. The monoisotopic (exact) mass is 337 g/mol. The molecule has 0 aromatic heterocycles. The Labute approximate surface area is 147 Å². The van der Waals surface area contributed by atoms with E-state index in [1.165, 1.54) is 0 Å². The van der Waals surface area contributed by atoms with Crippen LogP contribution in [0.4, 0.5) is 5.69 Å². The number of hydrogen-bond acceptors (Lipinski definition) is 3. The molecule has 1 saturated heterocycles. The number of rotatable bonds is 5. The van der Waals surface area contributed by atoms with Gasteiger partial charge in [-0.1, -0.05) is 42.0 Å². The third-order valence-corrected chi connectivity index (χ3v) is 4.49. The van der Waals surface area contributed by atoms with E-state index < -0.39 is 6.04 Å². The van der Waals surface area contributed by atoms with Gasteiger partial charge in [0.05, 0.1) is 0 Å². The van der Waals surface area contributed by atoms with Crippen LogP contribution >= 0.6 is 0 Å². The molecule has 1 atom stereocenters. The summed E-state index contributed by atoms with van der Waals surface area (Å²) >= 11 is 0. The van der Waals surface area contributed by atoms with Gasteiger partial charge in [-0.3, -0.25) is 9.59 Å². The van der Waals surface area contributed by atoms with Crippen LogP contribution in [0.25, 0.3) is 0 Å². The lowest BCUT2D eigenvalue weighted by Crippen LogP contribution is -2.27. The SMILES string of the molecule is Cc1ccc(C(N)C(=O)Nc2ccc(CN3CCCC3=O)cc2)cc1. The van der Waals surface area contributed by atoms with Crippen LogP contribution in [-0.2, 0) is 16.1 Å². The Balaban J connectivity index is 1.59. The Morgan fingerprint density at radius 1 is 1.16 bits per heavy atom. The molecule has 0 saturated carbocycles. The van der Waals surface area contributed by atoms with Gasteiger partial charge < -0.3 is 16.0 Å². The summed E-state index contributed by atoms with van der Waals surface area (Å²) in [5.41, 5.74) is 9.70. The second-order valence-electron chi connectivity index (χ2n) is 6.49. The van der Waals surface area contributed by atoms with E-state index in [-0.39, 0.29) is 11.8 Å². The van der Waals surface area contributed by atoms with Gasteiger partial charge in [0.2, 0.25) is 11.8 Å². The predicted molar refractivity (Wildman–Crippen MR) is 97.8 cm³/mol. The van der Waals surface area contributed by atoms with Gasteiger partial charge in [-0.05, 0) is 36.6 Å². The smallest absolute Gasteiger partial charge is 0.245 e. The molecule has 2 aromatic carbocycles. The molecule has 5 nitrogen and oxygen atoms in total. The van der Waals surface area contributed by atoms with Crippen molar-refractivity contribution in [3.63, 3.8) is 0 Å². The van der Waals surface area contributed by atoms with Crippen molar-refractivity contribution >= 4 is 17.5 Å². The number of nitrogens with one attached hydrogen (secondary N) is 1. The molecule has 5 heteroatoms. The maximum absolute atomic E-state index is 12.3. The van der Waals surface area contributed by atoms with Crippen LogP contribution < -0.4 is 11.1 Å². The summed E-state index contributed by atoms with van der Waals surface area (Å²) in [4.78, 5) is 25.9. The van der Waals surface area contributed by atoms with Gasteiger partial charge >= 0.3 is 0 Å². The highest BCUT2D eigenvalue weighted by atomic mass is 16.2. The van der Waals surface area contributed by atoms with Crippen LogP contribution in [0.1, 0.15) is 35.6 Å². The maximum atomic E-state index is 12.3. The van der Waals surface area contributed by atoms with Crippen molar-refractivity contribution in [2.45, 2.75) is 32.4 Å². The van der Waals surface area contributed by atoms with E-state index in [0.29, 0.717) is 18.7 Å². The summed E-state index contributed by atoms with van der Waals surface area (Å²) < 4.78 is 0. The number of carbonyl (C=O) groups excluding carboxylic acids is 2. The molecular formula is C20H23N3O2. The zero-order valence-corrected chi connectivity index (χ0v) is 14.4. The van der Waals surface area contributed by atoms with Crippen molar-refractivity contribution in [1.82, 2.24) is 4.90 Å². The number of likely N-dealkylation sites (tertiary alicyclic amines) is 1. The molecule has 3 N–H and O–H groups in total. The third-order valence-electron chi connectivity index (χ3n) is 4.49. The molecule has 1 fully saturated rings. The zero-order valence-electron chi connectivity index (χ0n) is 14.4. The third kappa shape index (κ3) is 4.25. The van der Waals surface area contributed by atoms with E-state index in [1.54, 1.807) is 0 Å². The largest absolute Gasteiger partial charge is 0.338 e. The molecule has 0 aliphatic carbocycles. The van der Waals surface area contributed by atoms with Crippen molar-refractivity contribution in [1.29, 1.82) is 0 Å². The van der Waals surface area contributed by atoms with Crippen LogP contribution in [-0.4, -0.2) is 23.3 Å². The van der Waals surface area contributed by atoms with E-state index in [1.807, 2.05) is 60.4 Å². The first-order valence-electron chi connectivity index (χ1n) is 8.52. The maximum Gasteiger partial charge on any atom is 0.245 e. The van der Waals surface area contributed by atoms with Crippen molar-refractivity contribution in [3.05, 3.63) is 65.2 Å². The highest BCUT2D eigenvalue weighted by Crippen LogP contribution is 2.18. The Hall–Kier alpha value is -2.66. The number of nitrogens with two attached hydrogens (primary N) is 1. The van der Waals surface area contributed by atoms with E-state index >= 15 is 0 Å². The second kappa shape index (κ2) is 7.49. The van der Waals surface area contributed by atoms with Crippen molar-refractivity contribution in [2.75, 3.05) is 11.9 Å². The van der Waals surface area contributed by atoms with Gasteiger partial charge in [-0.25, -0.2) is 0 Å². The molecule has 1 aliphatic rings. The number of amides is 2. The van der Waals surface area contributed by atoms with Crippen molar-refractivity contribution in [2.24, 2.45) is 5.73 Å². The lowest BCUT2D eigenvalue weighted by atomic mass is 10.1. The Morgan fingerprint density at radius 3 is 2.44 bits per heavy atom. The van der Waals surface area contributed by atoms with Crippen molar-refractivity contribution in [3.8, 4) is 0 Å². The quantitative estimate of drug-likeness (QED) is 0.881. The average molecular weight is 337 g/mol. The van der Waals surface area contributed by atoms with Gasteiger partial charge in [-0.2, -0.15) is 0 Å². The molecule has 1 aliphatic heterocycles. The fraction of sp³-hybridized carbons (Fsp3) is 0.300. The zero-order chi connectivity index (χ0) is 17.8. The minimum Gasteiger partial charge on any atom is -0.338 e. The number of hydrogen-bond donors (Lipinski definition) is 2. The summed E-state index contributed by atoms with van der Waals surface area (Å²) in [7, 11) is 0. The Bertz CT molecular complexity index is 754. The average Bonchev–Trinajstić information content (AvgIpc) is 3.01. The van der Waals surface area contributed by atoms with Gasteiger partial charge in [0.15, 0.2) is 0 Å². The number of aryl methyl sites for hydroxylation is 1. The summed E-state index contributed by atoms with van der Waals surface area (Å²) in [5, 5.41) is 2.84. The predicted octanol–water partition coefficient (Wildman–Crippen LogP) is 2.76. The van der Waals surface area contributed by atoms with Crippen molar-refractivity contribution < 1.29 is 9.59 Å². The van der Waals surface area contributed by atoms with E-state index in [9.17, 15) is 9.59 Å². The lowest BCUT2D eigenvalue weighted by molar-refractivity contribution is -0.128. The standard InChI is InChI=1S/C20H23N3O2/c1-14-4-8-16(9-5-14)19(21)20(25)22-17-10-6-15(7-11-17)13-23-12-2-3-18(23)24/h4-11,19H,2-3,12-13,21H2,1H3,(H,22,25). The van der Waals surface area contributed by atoms with Crippen LogP contribution in [0.2, 0.25) is 0 Å². The molecule has 25 heavy (non-hydrogen) atoms. The Morgan fingerprint density at radius 2 is 1.84 bits per heavy atom. The summed E-state index contributed by atoms with van der Waals surface area (Å²) in [5.74, 6) is -0.0345. The van der Waals surface area contributed by atoms with E-state index in [0.717, 1.165) is 29.7 Å². The molecule has 0 spiro atoms. The summed E-state index contributed by atoms with van der Waals surface area (Å²) in [6.45, 7) is 3.44. The van der Waals surface area contributed by atoms with Gasteiger partial charge in [0.1, 0.15) is 6.04 Å². The van der Waals surface area contributed by atoms with E-state index in [4.69, 9.17) is 5.73 Å². The van der Waals surface area contributed by atoms with E-state index in [2.05, 4.69) is 5.32 Å². The molecular weight excluding hydrogens is 314 g/mol. The minimum absolute atomic E-state index is 0.210. The highest BCUT2D eigenvalue weighted by molar-refractivity contribution is 5.95. The molecule has 130 valence electrons. The first-order valence-corrected chi connectivity index (χ1v) is 8.52. The fourth-order valence-corrected chi connectivity index (χ4v) is 2.93. The van der Waals surface area contributed by atoms with Crippen LogP contribution in [0.3, 0.4) is 0 Å². The molecule has 0 bridgehead atoms. The van der Waals surface area contributed by atoms with Crippen LogP contribution in [0, 0.1) is 6.92 Å². The molecule has 0 radical (unpaired) electrons. The highest BCUT2D eigenvalue weighted by Gasteiger charge is 2.20. The lowest BCUT2D eigenvalue weighted by Gasteiger charge is -2.16. The summed E-state index contributed by atoms with van der Waals surface area (Å²) in [6, 6.07) is 14.5. The second-order valence-corrected chi connectivity index (χ2v) is 6.49. The van der Waals surface area contributed by atoms with Crippen LogP contribution in [0.15, 0.2) is 48.5 Å². The fourth-order valence-electron chi connectivity index (χ4n) is 2.93. The van der Waals surface area contributed by atoms with Gasteiger partial charge in [0.25, 0.3) is 0 Å². The van der Waals surface area contributed by atoms with Gasteiger partial charge in [-0.15, -0.1) is 0 Å². The number of carbonyl (C=O) groups is 2. The Kier molecular flexibility index (Phi) is 5.14. The number of benzene rings is 2. The van der Waals surface area contributed by atoms with Crippen LogP contribution in [0.5, 0.6) is 0 Å². The number of nitrogens with zero attached hydrogens (tertiary/aromatic N) is 1. The topological polar surface area (TPSA) is 75.4 Å². The molecule has 1 unspecified atom stereocenters. The van der Waals surface area contributed by atoms with Gasteiger partial charge in [0, 0.05) is 25.2 Å². The molecule has 1 heterocycles.